The number of fused-ring (bicyclic) bond motifs is 1. The highest BCUT2D eigenvalue weighted by molar-refractivity contribution is 5.68. The number of aliphatic hydroxyl groups excluding tert-OH is 2. The van der Waals surface area contributed by atoms with Crippen LogP contribution in [0.15, 0.2) is 24.3 Å². The summed E-state index contributed by atoms with van der Waals surface area (Å²) in [6.07, 6.45) is 0.00297. The molecule has 0 saturated heterocycles. The van der Waals surface area contributed by atoms with E-state index in [2.05, 4.69) is 22.3 Å². The minimum Gasteiger partial charge on any atom is -0.444 e. The highest BCUT2D eigenvalue weighted by Crippen LogP contribution is 2.29. The van der Waals surface area contributed by atoms with Crippen LogP contribution in [0.1, 0.15) is 44.7 Å². The highest BCUT2D eigenvalue weighted by atomic mass is 16.6. The van der Waals surface area contributed by atoms with Crippen molar-refractivity contribution in [2.45, 2.75) is 76.5 Å². The van der Waals surface area contributed by atoms with Gasteiger partial charge in [-0.2, -0.15) is 0 Å². The van der Waals surface area contributed by atoms with Gasteiger partial charge >= 0.3 is 6.09 Å². The van der Waals surface area contributed by atoms with Crippen molar-refractivity contribution in [1.82, 2.24) is 10.2 Å². The molecule has 1 aliphatic carbocycles. The molecule has 4 atom stereocenters. The van der Waals surface area contributed by atoms with Crippen molar-refractivity contribution in [3.63, 3.8) is 0 Å². The maximum atomic E-state index is 12.1. The Balaban J connectivity index is 1.68. The molecule has 0 aromatic heterocycles. The van der Waals surface area contributed by atoms with Crippen LogP contribution in [-0.2, 0) is 17.7 Å². The van der Waals surface area contributed by atoms with Crippen LogP contribution in [0.25, 0.3) is 0 Å². The summed E-state index contributed by atoms with van der Waals surface area (Å²) in [4.78, 5) is 14.2. The van der Waals surface area contributed by atoms with Crippen LogP contribution >= 0.6 is 0 Å². The molecule has 1 amide bonds. The fourth-order valence-electron chi connectivity index (χ4n) is 4.01. The lowest BCUT2D eigenvalue weighted by atomic mass is 9.83. The van der Waals surface area contributed by atoms with E-state index >= 15 is 0 Å². The Morgan fingerprint density at radius 2 is 1.88 bits per heavy atom. The number of carbonyl (C=O) groups is 1. The number of ether oxygens (including phenoxy) is 1. The quantitative estimate of drug-likeness (QED) is 0.748. The number of carbonyl (C=O) groups excluding carboxylic acids is 1. The van der Waals surface area contributed by atoms with Gasteiger partial charge in [0.05, 0.1) is 24.3 Å². The molecule has 1 aromatic carbocycles. The molecule has 0 spiro atoms. The summed E-state index contributed by atoms with van der Waals surface area (Å²) < 4.78 is 5.31. The summed E-state index contributed by atoms with van der Waals surface area (Å²) in [5.74, 6) is 0. The SMILES string of the molecule is CC(C)(C)OC(=O)N[C@@H]1CC[C@H](O)[C@@H](N2CCc3ccccc3C2)[C@@H]1O. The molecule has 3 rings (SSSR count). The molecule has 0 radical (unpaired) electrons. The number of amides is 1. The van der Waals surface area contributed by atoms with Gasteiger partial charge in [0.2, 0.25) is 0 Å². The van der Waals surface area contributed by atoms with Crippen molar-refractivity contribution in [2.24, 2.45) is 0 Å². The molecule has 144 valence electrons. The molecule has 1 saturated carbocycles. The lowest BCUT2D eigenvalue weighted by molar-refractivity contribution is -0.0760. The summed E-state index contributed by atoms with van der Waals surface area (Å²) in [6.45, 7) is 6.91. The number of rotatable bonds is 2. The first kappa shape index (κ1) is 19.1. The summed E-state index contributed by atoms with van der Waals surface area (Å²) in [7, 11) is 0. The van der Waals surface area contributed by atoms with E-state index in [4.69, 9.17) is 4.74 Å². The van der Waals surface area contributed by atoms with Crippen molar-refractivity contribution in [3.05, 3.63) is 35.4 Å². The maximum Gasteiger partial charge on any atom is 0.407 e. The van der Waals surface area contributed by atoms with Gasteiger partial charge in [0.1, 0.15) is 5.60 Å². The van der Waals surface area contributed by atoms with Gasteiger partial charge in [-0.25, -0.2) is 4.79 Å². The Bertz CT molecular complexity index is 643. The predicted molar refractivity (Wildman–Crippen MR) is 98.7 cm³/mol. The molecule has 6 nitrogen and oxygen atoms in total. The Morgan fingerprint density at radius 3 is 2.58 bits per heavy atom. The van der Waals surface area contributed by atoms with Crippen LogP contribution in [0.2, 0.25) is 0 Å². The van der Waals surface area contributed by atoms with Crippen LogP contribution in [-0.4, -0.2) is 57.6 Å². The fraction of sp³-hybridized carbons (Fsp3) is 0.650. The maximum absolute atomic E-state index is 12.1. The molecule has 0 bridgehead atoms. The number of nitrogens with one attached hydrogen (secondary N) is 1. The fourth-order valence-corrected chi connectivity index (χ4v) is 4.01. The van der Waals surface area contributed by atoms with Crippen LogP contribution in [0.3, 0.4) is 0 Å². The normalized spacial score (nSPS) is 29.7. The Hall–Kier alpha value is -1.63. The molecule has 6 heteroatoms. The van der Waals surface area contributed by atoms with Gasteiger partial charge in [-0.15, -0.1) is 0 Å². The van der Waals surface area contributed by atoms with Crippen LogP contribution in [0.4, 0.5) is 4.79 Å². The van der Waals surface area contributed by atoms with Crippen molar-refractivity contribution < 1.29 is 19.7 Å². The number of aliphatic hydroxyl groups is 2. The Labute approximate surface area is 155 Å². The molecular formula is C20H30N2O4. The zero-order chi connectivity index (χ0) is 18.9. The van der Waals surface area contributed by atoms with E-state index in [-0.39, 0.29) is 0 Å². The molecule has 2 aliphatic rings. The smallest absolute Gasteiger partial charge is 0.407 e. The van der Waals surface area contributed by atoms with Gasteiger partial charge < -0.3 is 20.3 Å². The average Bonchev–Trinajstić information content (AvgIpc) is 2.56. The number of alkyl carbamates (subject to hydrolysis) is 1. The van der Waals surface area contributed by atoms with E-state index in [9.17, 15) is 15.0 Å². The summed E-state index contributed by atoms with van der Waals surface area (Å²) in [5, 5.41) is 24.2. The van der Waals surface area contributed by atoms with Gasteiger partial charge in [0.15, 0.2) is 0 Å². The van der Waals surface area contributed by atoms with Gasteiger partial charge in [-0.1, -0.05) is 24.3 Å². The third-order valence-electron chi connectivity index (χ3n) is 5.21. The second-order valence-corrected chi connectivity index (χ2v) is 8.37. The molecule has 1 aliphatic heterocycles. The topological polar surface area (TPSA) is 82.0 Å². The van der Waals surface area contributed by atoms with Crippen molar-refractivity contribution in [1.29, 1.82) is 0 Å². The first-order valence-electron chi connectivity index (χ1n) is 9.41. The summed E-state index contributed by atoms with van der Waals surface area (Å²) in [5.41, 5.74) is 1.98. The number of hydrogen-bond acceptors (Lipinski definition) is 5. The molecular weight excluding hydrogens is 332 g/mol. The standard InChI is InChI=1S/C20H30N2O4/c1-20(2,3)26-19(25)21-15-8-9-16(23)17(18(15)24)22-11-10-13-6-4-5-7-14(13)12-22/h4-7,15-18,23-24H,8-12H2,1-3H3,(H,21,25)/t15-,16+,17-,18-/m1/s1. The van der Waals surface area contributed by atoms with Gasteiger partial charge in [-0.05, 0) is 51.2 Å². The van der Waals surface area contributed by atoms with E-state index in [1.54, 1.807) is 0 Å². The lowest BCUT2D eigenvalue weighted by Crippen LogP contribution is -2.62. The molecule has 3 N–H and O–H groups in total. The zero-order valence-corrected chi connectivity index (χ0v) is 15.8. The molecule has 1 fully saturated rings. The molecule has 1 aromatic rings. The van der Waals surface area contributed by atoms with E-state index in [0.717, 1.165) is 13.0 Å². The van der Waals surface area contributed by atoms with E-state index in [1.165, 1.54) is 11.1 Å². The van der Waals surface area contributed by atoms with Crippen LogP contribution < -0.4 is 5.32 Å². The van der Waals surface area contributed by atoms with Crippen LogP contribution in [0.5, 0.6) is 0 Å². The van der Waals surface area contributed by atoms with Crippen molar-refractivity contribution in [2.75, 3.05) is 6.54 Å². The second kappa shape index (κ2) is 7.55. The third kappa shape index (κ3) is 4.37. The lowest BCUT2D eigenvalue weighted by Gasteiger charge is -2.45. The van der Waals surface area contributed by atoms with E-state index in [1.807, 2.05) is 32.9 Å². The van der Waals surface area contributed by atoms with Gasteiger partial charge in [0, 0.05) is 13.1 Å². The molecule has 0 unspecified atom stereocenters. The first-order chi connectivity index (χ1) is 12.2. The minimum atomic E-state index is -0.837. The van der Waals surface area contributed by atoms with Crippen LogP contribution in [0, 0.1) is 0 Å². The minimum absolute atomic E-state index is 0.392. The average molecular weight is 362 g/mol. The molecule has 26 heavy (non-hydrogen) atoms. The van der Waals surface area contributed by atoms with E-state index in [0.29, 0.717) is 19.4 Å². The highest BCUT2D eigenvalue weighted by Gasteiger charge is 2.42. The first-order valence-corrected chi connectivity index (χ1v) is 9.41. The Morgan fingerprint density at radius 1 is 1.19 bits per heavy atom. The Kier molecular flexibility index (Phi) is 5.55. The predicted octanol–water partition coefficient (Wildman–Crippen LogP) is 1.82. The summed E-state index contributed by atoms with van der Waals surface area (Å²) >= 11 is 0. The monoisotopic (exact) mass is 362 g/mol. The second-order valence-electron chi connectivity index (χ2n) is 8.37. The third-order valence-corrected chi connectivity index (χ3v) is 5.21. The van der Waals surface area contributed by atoms with Crippen molar-refractivity contribution >= 4 is 6.09 Å². The van der Waals surface area contributed by atoms with Gasteiger partial charge in [-0.3, -0.25) is 4.90 Å². The number of hydrogen-bond donors (Lipinski definition) is 3. The van der Waals surface area contributed by atoms with Gasteiger partial charge in [0.25, 0.3) is 0 Å². The van der Waals surface area contributed by atoms with E-state index < -0.39 is 36.0 Å². The number of nitrogens with zero attached hydrogens (tertiary/aromatic N) is 1. The summed E-state index contributed by atoms with van der Waals surface area (Å²) in [6, 6.07) is 7.47. The number of benzene rings is 1. The van der Waals surface area contributed by atoms with Crippen molar-refractivity contribution in [3.8, 4) is 0 Å². The molecule has 1 heterocycles. The zero-order valence-electron chi connectivity index (χ0n) is 15.8. The largest absolute Gasteiger partial charge is 0.444 e.